The average Bonchev–Trinajstić information content (AvgIpc) is 1.95. The molecule has 0 heterocycles. The summed E-state index contributed by atoms with van der Waals surface area (Å²) in [6.45, 7) is 13.2. The van der Waals surface area contributed by atoms with E-state index in [1.807, 2.05) is 27.7 Å². The molecule has 0 aromatic rings. The first-order valence-corrected chi connectivity index (χ1v) is 5.64. The Morgan fingerprint density at radius 2 is 1.64 bits per heavy atom. The second-order valence-electron chi connectivity index (χ2n) is 5.65. The summed E-state index contributed by atoms with van der Waals surface area (Å²) in [5.74, 6) is 0.766. The zero-order valence-electron chi connectivity index (χ0n) is 10.6. The van der Waals surface area contributed by atoms with Crippen LogP contribution in [0, 0.1) is 5.92 Å². The summed E-state index contributed by atoms with van der Waals surface area (Å²) in [6, 6.07) is 0. The molecule has 0 aromatic carbocycles. The monoisotopic (exact) mass is 201 g/mol. The molecule has 0 rings (SSSR count). The molecular formula is C12H27NO. The van der Waals surface area contributed by atoms with Crippen LogP contribution in [-0.4, -0.2) is 22.8 Å². The molecule has 0 saturated heterocycles. The van der Waals surface area contributed by atoms with Gasteiger partial charge < -0.3 is 10.4 Å². The Bertz CT molecular complexity index is 156. The molecule has 0 amide bonds. The van der Waals surface area contributed by atoms with Gasteiger partial charge in [-0.2, -0.15) is 0 Å². The lowest BCUT2D eigenvalue weighted by molar-refractivity contribution is -0.00448. The van der Waals surface area contributed by atoms with Crippen LogP contribution in [0.4, 0.5) is 0 Å². The number of hydrogen-bond acceptors (Lipinski definition) is 2. The molecule has 0 aliphatic rings. The molecule has 0 bridgehead atoms. The van der Waals surface area contributed by atoms with Crippen molar-refractivity contribution < 1.29 is 5.11 Å². The second-order valence-corrected chi connectivity index (χ2v) is 5.65. The van der Waals surface area contributed by atoms with Crippen molar-refractivity contribution in [3.05, 3.63) is 0 Å². The van der Waals surface area contributed by atoms with Gasteiger partial charge in [0.2, 0.25) is 0 Å². The zero-order valence-corrected chi connectivity index (χ0v) is 10.6. The number of hydrogen-bond donors (Lipinski definition) is 2. The van der Waals surface area contributed by atoms with Crippen LogP contribution < -0.4 is 5.32 Å². The molecule has 0 radical (unpaired) electrons. The van der Waals surface area contributed by atoms with Crippen molar-refractivity contribution in [2.45, 2.75) is 65.5 Å². The van der Waals surface area contributed by atoms with Gasteiger partial charge >= 0.3 is 0 Å². The summed E-state index contributed by atoms with van der Waals surface area (Å²) in [5, 5.41) is 13.3. The fraction of sp³-hybridized carbons (Fsp3) is 1.00. The van der Waals surface area contributed by atoms with Gasteiger partial charge in [0.15, 0.2) is 0 Å². The number of rotatable bonds is 6. The Morgan fingerprint density at radius 1 is 1.14 bits per heavy atom. The van der Waals surface area contributed by atoms with Gasteiger partial charge in [0.25, 0.3) is 0 Å². The van der Waals surface area contributed by atoms with Crippen LogP contribution in [-0.2, 0) is 0 Å². The van der Waals surface area contributed by atoms with E-state index in [2.05, 4.69) is 19.2 Å². The van der Waals surface area contributed by atoms with Gasteiger partial charge in [-0.1, -0.05) is 13.8 Å². The summed E-state index contributed by atoms with van der Waals surface area (Å²) in [4.78, 5) is 0. The topological polar surface area (TPSA) is 32.3 Å². The van der Waals surface area contributed by atoms with E-state index < -0.39 is 5.60 Å². The molecule has 2 N–H and O–H groups in total. The van der Waals surface area contributed by atoms with Gasteiger partial charge in [-0.3, -0.25) is 0 Å². The maximum atomic E-state index is 9.89. The Balaban J connectivity index is 3.78. The summed E-state index contributed by atoms with van der Waals surface area (Å²) in [5.41, 5.74) is -0.894. The van der Waals surface area contributed by atoms with Crippen LogP contribution in [0.15, 0.2) is 0 Å². The van der Waals surface area contributed by atoms with E-state index in [4.69, 9.17) is 0 Å². The van der Waals surface area contributed by atoms with Crippen molar-refractivity contribution in [1.82, 2.24) is 5.32 Å². The molecule has 2 nitrogen and oxygen atoms in total. The fourth-order valence-corrected chi connectivity index (χ4v) is 1.13. The predicted octanol–water partition coefficient (Wildman–Crippen LogP) is 2.56. The van der Waals surface area contributed by atoms with E-state index in [1.54, 1.807) is 0 Å². The average molecular weight is 201 g/mol. The predicted molar refractivity (Wildman–Crippen MR) is 62.5 cm³/mol. The third-order valence-electron chi connectivity index (χ3n) is 3.05. The van der Waals surface area contributed by atoms with Crippen molar-refractivity contribution in [2.24, 2.45) is 5.92 Å². The first-order chi connectivity index (χ1) is 6.17. The van der Waals surface area contributed by atoms with Crippen LogP contribution in [0.2, 0.25) is 0 Å². The minimum absolute atomic E-state index is 0.218. The SMILES string of the molecule is CC(C)CCCNC(C)(C)C(C)(C)O. The lowest BCUT2D eigenvalue weighted by Gasteiger charge is -2.38. The Labute approximate surface area is 89.1 Å². The van der Waals surface area contributed by atoms with Crippen LogP contribution >= 0.6 is 0 Å². The highest BCUT2D eigenvalue weighted by molar-refractivity contribution is 4.93. The Kier molecular flexibility index (Phi) is 5.10. The Morgan fingerprint density at radius 3 is 2.00 bits per heavy atom. The molecule has 14 heavy (non-hydrogen) atoms. The standard InChI is InChI=1S/C12H27NO/c1-10(2)8-7-9-13-11(3,4)12(5,6)14/h10,13-14H,7-9H2,1-6H3. The molecule has 0 fully saturated rings. The molecule has 2 heteroatoms. The van der Waals surface area contributed by atoms with E-state index in [1.165, 1.54) is 12.8 Å². The first kappa shape index (κ1) is 13.9. The second kappa shape index (κ2) is 5.13. The third kappa shape index (κ3) is 4.97. The smallest absolute Gasteiger partial charge is 0.0767 e. The van der Waals surface area contributed by atoms with Crippen molar-refractivity contribution >= 4 is 0 Å². The van der Waals surface area contributed by atoms with E-state index in [0.29, 0.717) is 0 Å². The first-order valence-electron chi connectivity index (χ1n) is 5.64. The van der Waals surface area contributed by atoms with Crippen LogP contribution in [0.5, 0.6) is 0 Å². The van der Waals surface area contributed by atoms with E-state index in [-0.39, 0.29) is 5.54 Å². The van der Waals surface area contributed by atoms with E-state index >= 15 is 0 Å². The summed E-state index contributed by atoms with van der Waals surface area (Å²) < 4.78 is 0. The van der Waals surface area contributed by atoms with Gasteiger partial charge in [0.05, 0.1) is 5.60 Å². The minimum Gasteiger partial charge on any atom is -0.389 e. The molecular weight excluding hydrogens is 174 g/mol. The largest absolute Gasteiger partial charge is 0.389 e. The van der Waals surface area contributed by atoms with Gasteiger partial charge in [0, 0.05) is 5.54 Å². The molecule has 0 atom stereocenters. The maximum absolute atomic E-state index is 9.89. The van der Waals surface area contributed by atoms with Crippen molar-refractivity contribution in [3.63, 3.8) is 0 Å². The quantitative estimate of drug-likeness (QED) is 0.647. The van der Waals surface area contributed by atoms with Crippen molar-refractivity contribution in [1.29, 1.82) is 0 Å². The molecule has 86 valence electrons. The highest BCUT2D eigenvalue weighted by Crippen LogP contribution is 2.20. The highest BCUT2D eigenvalue weighted by Gasteiger charge is 2.33. The van der Waals surface area contributed by atoms with Gasteiger partial charge in [-0.25, -0.2) is 0 Å². The summed E-state index contributed by atoms with van der Waals surface area (Å²) in [7, 11) is 0. The van der Waals surface area contributed by atoms with Gasteiger partial charge in [0.1, 0.15) is 0 Å². The molecule has 0 aliphatic heterocycles. The van der Waals surface area contributed by atoms with Crippen molar-refractivity contribution in [2.75, 3.05) is 6.54 Å². The Hall–Kier alpha value is -0.0800. The molecule has 0 aliphatic carbocycles. The van der Waals surface area contributed by atoms with Gasteiger partial charge in [-0.15, -0.1) is 0 Å². The van der Waals surface area contributed by atoms with Crippen molar-refractivity contribution in [3.8, 4) is 0 Å². The maximum Gasteiger partial charge on any atom is 0.0767 e. The van der Waals surface area contributed by atoms with E-state index in [0.717, 1.165) is 12.5 Å². The zero-order chi connectivity index (χ0) is 11.4. The van der Waals surface area contributed by atoms with Crippen LogP contribution in [0.25, 0.3) is 0 Å². The minimum atomic E-state index is -0.676. The molecule has 0 aromatic heterocycles. The molecule has 0 saturated carbocycles. The number of aliphatic hydroxyl groups is 1. The van der Waals surface area contributed by atoms with E-state index in [9.17, 15) is 5.11 Å². The number of nitrogens with one attached hydrogen (secondary N) is 1. The fourth-order valence-electron chi connectivity index (χ4n) is 1.13. The molecule has 0 unspecified atom stereocenters. The van der Waals surface area contributed by atoms with Gasteiger partial charge in [-0.05, 0) is 53.0 Å². The van der Waals surface area contributed by atoms with Crippen LogP contribution in [0.3, 0.4) is 0 Å². The lowest BCUT2D eigenvalue weighted by Crippen LogP contribution is -2.56. The summed E-state index contributed by atoms with van der Waals surface area (Å²) in [6.07, 6.45) is 2.42. The highest BCUT2D eigenvalue weighted by atomic mass is 16.3. The summed E-state index contributed by atoms with van der Waals surface area (Å²) >= 11 is 0. The lowest BCUT2D eigenvalue weighted by atomic mass is 9.86. The molecule has 0 spiro atoms. The third-order valence-corrected chi connectivity index (χ3v) is 3.05. The normalized spacial score (nSPS) is 13.7. The van der Waals surface area contributed by atoms with Crippen LogP contribution in [0.1, 0.15) is 54.4 Å².